The van der Waals surface area contributed by atoms with Crippen molar-refractivity contribution in [1.82, 2.24) is 10.2 Å². The molecule has 1 aliphatic heterocycles. The van der Waals surface area contributed by atoms with E-state index in [0.29, 0.717) is 11.6 Å². The van der Waals surface area contributed by atoms with Crippen molar-refractivity contribution >= 4 is 0 Å². The van der Waals surface area contributed by atoms with Crippen LogP contribution in [0.4, 0.5) is 0 Å². The van der Waals surface area contributed by atoms with Crippen LogP contribution in [0.1, 0.15) is 72.6 Å². The highest BCUT2D eigenvalue weighted by Crippen LogP contribution is 2.31. The van der Waals surface area contributed by atoms with E-state index in [-0.39, 0.29) is 0 Å². The molecule has 2 heteroatoms. The molecule has 0 spiro atoms. The summed E-state index contributed by atoms with van der Waals surface area (Å²) < 4.78 is 0. The second kappa shape index (κ2) is 8.26. The van der Waals surface area contributed by atoms with Crippen LogP contribution in [0.5, 0.6) is 0 Å². The molecule has 0 bridgehead atoms. The Kier molecular flexibility index (Phi) is 7.38. The molecule has 114 valence electrons. The number of likely N-dealkylation sites (N-methyl/N-ethyl adjacent to an activating group) is 1. The van der Waals surface area contributed by atoms with E-state index in [2.05, 4.69) is 45.0 Å². The minimum Gasteiger partial charge on any atom is -0.315 e. The quantitative estimate of drug-likeness (QED) is 0.714. The van der Waals surface area contributed by atoms with E-state index in [9.17, 15) is 0 Å². The summed E-state index contributed by atoms with van der Waals surface area (Å²) >= 11 is 0. The fraction of sp³-hybridized carbons (Fsp3) is 1.00. The monoisotopic (exact) mass is 268 g/mol. The van der Waals surface area contributed by atoms with Crippen molar-refractivity contribution in [1.29, 1.82) is 0 Å². The molecular weight excluding hydrogens is 232 g/mol. The fourth-order valence-electron chi connectivity index (χ4n) is 3.79. The van der Waals surface area contributed by atoms with Crippen molar-refractivity contribution in [2.24, 2.45) is 5.92 Å². The lowest BCUT2D eigenvalue weighted by atomic mass is 9.80. The lowest BCUT2D eigenvalue weighted by Crippen LogP contribution is -2.60. The average Bonchev–Trinajstić information content (AvgIpc) is 2.45. The first-order chi connectivity index (χ1) is 9.08. The van der Waals surface area contributed by atoms with Crippen LogP contribution in [-0.4, -0.2) is 36.6 Å². The Morgan fingerprint density at radius 3 is 2.26 bits per heavy atom. The SMILES string of the molecule is CCCC(C)CC(NC)C(C)(CC)N1CCCCC1. The summed E-state index contributed by atoms with van der Waals surface area (Å²) in [6.45, 7) is 12.2. The second-order valence-corrected chi connectivity index (χ2v) is 6.73. The van der Waals surface area contributed by atoms with Crippen LogP contribution in [0.2, 0.25) is 0 Å². The van der Waals surface area contributed by atoms with Gasteiger partial charge in [-0.25, -0.2) is 0 Å². The van der Waals surface area contributed by atoms with E-state index in [0.717, 1.165) is 5.92 Å². The van der Waals surface area contributed by atoms with Gasteiger partial charge in [0.25, 0.3) is 0 Å². The summed E-state index contributed by atoms with van der Waals surface area (Å²) in [6.07, 6.45) is 9.42. The average molecular weight is 268 g/mol. The summed E-state index contributed by atoms with van der Waals surface area (Å²) in [6, 6.07) is 0.622. The summed E-state index contributed by atoms with van der Waals surface area (Å²) in [5.74, 6) is 0.832. The molecule has 1 heterocycles. The third kappa shape index (κ3) is 4.46. The van der Waals surface area contributed by atoms with E-state index in [4.69, 9.17) is 0 Å². The van der Waals surface area contributed by atoms with Gasteiger partial charge >= 0.3 is 0 Å². The highest BCUT2D eigenvalue weighted by Gasteiger charge is 2.38. The number of piperidine rings is 1. The van der Waals surface area contributed by atoms with Crippen LogP contribution in [0.3, 0.4) is 0 Å². The van der Waals surface area contributed by atoms with Crippen molar-refractivity contribution in [3.05, 3.63) is 0 Å². The van der Waals surface area contributed by atoms with Crippen LogP contribution in [0, 0.1) is 5.92 Å². The molecule has 1 rings (SSSR count). The minimum absolute atomic E-state index is 0.331. The van der Waals surface area contributed by atoms with Crippen molar-refractivity contribution in [3.8, 4) is 0 Å². The van der Waals surface area contributed by atoms with E-state index < -0.39 is 0 Å². The van der Waals surface area contributed by atoms with Gasteiger partial charge < -0.3 is 5.32 Å². The van der Waals surface area contributed by atoms with E-state index in [1.807, 2.05) is 0 Å². The maximum Gasteiger partial charge on any atom is 0.0331 e. The number of hydrogen-bond acceptors (Lipinski definition) is 2. The van der Waals surface area contributed by atoms with E-state index >= 15 is 0 Å². The van der Waals surface area contributed by atoms with Crippen molar-refractivity contribution in [2.75, 3.05) is 20.1 Å². The number of nitrogens with one attached hydrogen (secondary N) is 1. The summed E-state index contributed by atoms with van der Waals surface area (Å²) in [4.78, 5) is 2.76. The van der Waals surface area contributed by atoms with Crippen LogP contribution in [0.15, 0.2) is 0 Å². The molecule has 19 heavy (non-hydrogen) atoms. The molecule has 2 nitrogen and oxygen atoms in total. The van der Waals surface area contributed by atoms with Crippen molar-refractivity contribution < 1.29 is 0 Å². The molecular formula is C17H36N2. The smallest absolute Gasteiger partial charge is 0.0331 e. The number of hydrogen-bond donors (Lipinski definition) is 1. The zero-order valence-corrected chi connectivity index (χ0v) is 14.0. The molecule has 0 aromatic rings. The molecule has 3 unspecified atom stereocenters. The first kappa shape index (κ1) is 17.0. The third-order valence-electron chi connectivity index (χ3n) is 5.31. The van der Waals surface area contributed by atoms with Gasteiger partial charge in [0, 0.05) is 11.6 Å². The predicted molar refractivity (Wildman–Crippen MR) is 85.7 cm³/mol. The molecule has 3 atom stereocenters. The van der Waals surface area contributed by atoms with Crippen LogP contribution < -0.4 is 5.32 Å². The molecule has 1 N–H and O–H groups in total. The van der Waals surface area contributed by atoms with Gasteiger partial charge in [-0.05, 0) is 58.7 Å². The molecule has 0 radical (unpaired) electrons. The van der Waals surface area contributed by atoms with Gasteiger partial charge in [0.05, 0.1) is 0 Å². The number of nitrogens with zero attached hydrogens (tertiary/aromatic N) is 1. The largest absolute Gasteiger partial charge is 0.315 e. The first-order valence-corrected chi connectivity index (χ1v) is 8.50. The van der Waals surface area contributed by atoms with Crippen molar-refractivity contribution in [3.63, 3.8) is 0 Å². The molecule has 1 saturated heterocycles. The molecule has 0 saturated carbocycles. The normalized spacial score (nSPS) is 23.8. The Morgan fingerprint density at radius 2 is 1.79 bits per heavy atom. The van der Waals surface area contributed by atoms with Crippen LogP contribution in [-0.2, 0) is 0 Å². The van der Waals surface area contributed by atoms with Crippen LogP contribution >= 0.6 is 0 Å². The predicted octanol–water partition coefficient (Wildman–Crippen LogP) is 4.06. The van der Waals surface area contributed by atoms with Crippen LogP contribution in [0.25, 0.3) is 0 Å². The summed E-state index contributed by atoms with van der Waals surface area (Å²) in [5.41, 5.74) is 0.331. The van der Waals surface area contributed by atoms with Gasteiger partial charge in [-0.2, -0.15) is 0 Å². The Hall–Kier alpha value is -0.0800. The van der Waals surface area contributed by atoms with Gasteiger partial charge in [-0.3, -0.25) is 4.90 Å². The lowest BCUT2D eigenvalue weighted by molar-refractivity contribution is 0.0377. The maximum atomic E-state index is 3.64. The second-order valence-electron chi connectivity index (χ2n) is 6.73. The summed E-state index contributed by atoms with van der Waals surface area (Å²) in [5, 5.41) is 3.64. The van der Waals surface area contributed by atoms with Gasteiger partial charge in [-0.1, -0.05) is 40.0 Å². The maximum absolute atomic E-state index is 3.64. The summed E-state index contributed by atoms with van der Waals surface area (Å²) in [7, 11) is 2.15. The van der Waals surface area contributed by atoms with Gasteiger partial charge in [0.1, 0.15) is 0 Å². The first-order valence-electron chi connectivity index (χ1n) is 8.50. The topological polar surface area (TPSA) is 15.3 Å². The molecule has 0 amide bonds. The fourth-order valence-corrected chi connectivity index (χ4v) is 3.79. The molecule has 1 fully saturated rings. The Bertz CT molecular complexity index is 235. The molecule has 0 aromatic carbocycles. The highest BCUT2D eigenvalue weighted by atomic mass is 15.2. The van der Waals surface area contributed by atoms with E-state index in [1.165, 1.54) is 58.0 Å². The zero-order valence-electron chi connectivity index (χ0n) is 14.0. The van der Waals surface area contributed by atoms with Gasteiger partial charge in [0.2, 0.25) is 0 Å². The van der Waals surface area contributed by atoms with Crippen molar-refractivity contribution in [2.45, 2.75) is 84.2 Å². The van der Waals surface area contributed by atoms with Gasteiger partial charge in [0.15, 0.2) is 0 Å². The molecule has 1 aliphatic rings. The van der Waals surface area contributed by atoms with Gasteiger partial charge in [-0.15, -0.1) is 0 Å². The molecule has 0 aliphatic carbocycles. The number of likely N-dealkylation sites (tertiary alicyclic amines) is 1. The highest BCUT2D eigenvalue weighted by molar-refractivity contribution is 4.97. The number of rotatable bonds is 8. The minimum atomic E-state index is 0.331. The standard InChI is InChI=1S/C17H36N2/c1-6-11-15(3)14-16(18-5)17(4,7-2)19-12-9-8-10-13-19/h15-16,18H,6-14H2,1-5H3. The Morgan fingerprint density at radius 1 is 1.16 bits per heavy atom. The van der Waals surface area contributed by atoms with E-state index in [1.54, 1.807) is 0 Å². The Labute approximate surface area is 121 Å². The molecule has 0 aromatic heterocycles. The zero-order chi connectivity index (χ0) is 14.3. The lowest BCUT2D eigenvalue weighted by Gasteiger charge is -2.48. The third-order valence-corrected chi connectivity index (χ3v) is 5.31. The Balaban J connectivity index is 2.71.